The summed E-state index contributed by atoms with van der Waals surface area (Å²) in [6.07, 6.45) is 1.20. The largest absolute Gasteiger partial charge is 0.409 e. The summed E-state index contributed by atoms with van der Waals surface area (Å²) in [5, 5.41) is 11.8. The van der Waals surface area contributed by atoms with Gasteiger partial charge in [-0.1, -0.05) is 18.1 Å². The lowest BCUT2D eigenvalue weighted by Crippen LogP contribution is -2.41. The van der Waals surface area contributed by atoms with E-state index in [1.54, 1.807) is 6.07 Å². The molecule has 0 spiro atoms. The van der Waals surface area contributed by atoms with E-state index in [-0.39, 0.29) is 11.9 Å². The fourth-order valence-corrected chi connectivity index (χ4v) is 2.39. The molecule has 5 nitrogen and oxygen atoms in total. The predicted octanol–water partition coefficient (Wildman–Crippen LogP) is 1.53. The van der Waals surface area contributed by atoms with Crippen molar-refractivity contribution in [1.29, 1.82) is 0 Å². The number of ether oxygens (including phenoxy) is 1. The number of amidine groups is 1. The minimum absolute atomic E-state index is 0.0696. The van der Waals surface area contributed by atoms with E-state index in [0.29, 0.717) is 18.7 Å². The summed E-state index contributed by atoms with van der Waals surface area (Å²) in [6, 6.07) is 4.36. The van der Waals surface area contributed by atoms with Crippen LogP contribution >= 0.6 is 0 Å². The highest BCUT2D eigenvalue weighted by Gasteiger charge is 2.20. The van der Waals surface area contributed by atoms with Crippen LogP contribution in [-0.2, 0) is 11.3 Å². The number of nitrogens with zero attached hydrogens (tertiary/aromatic N) is 2. The van der Waals surface area contributed by atoms with Crippen molar-refractivity contribution < 1.29 is 14.3 Å². The second-order valence-electron chi connectivity index (χ2n) is 4.92. The summed E-state index contributed by atoms with van der Waals surface area (Å²) in [5.74, 6) is -0.469. The molecule has 0 aromatic heterocycles. The van der Waals surface area contributed by atoms with Crippen molar-refractivity contribution in [2.24, 2.45) is 10.9 Å². The molecule has 1 fully saturated rings. The zero-order chi connectivity index (χ0) is 14.5. The van der Waals surface area contributed by atoms with Crippen LogP contribution in [0, 0.1) is 5.82 Å². The van der Waals surface area contributed by atoms with Crippen LogP contribution < -0.4 is 5.73 Å². The van der Waals surface area contributed by atoms with Gasteiger partial charge in [0.15, 0.2) is 5.84 Å². The lowest BCUT2D eigenvalue weighted by Gasteiger charge is -2.32. The molecule has 3 N–H and O–H groups in total. The molecule has 0 radical (unpaired) electrons. The van der Waals surface area contributed by atoms with Gasteiger partial charge in [-0.25, -0.2) is 4.39 Å². The zero-order valence-electron chi connectivity index (χ0n) is 11.6. The van der Waals surface area contributed by atoms with Crippen LogP contribution in [0.15, 0.2) is 23.4 Å². The maximum atomic E-state index is 13.3. The Kier molecular flexibility index (Phi) is 4.92. The Morgan fingerprint density at radius 1 is 1.60 bits per heavy atom. The van der Waals surface area contributed by atoms with Crippen molar-refractivity contribution in [3.05, 3.63) is 35.1 Å². The highest BCUT2D eigenvalue weighted by Crippen LogP contribution is 2.17. The molecule has 0 aliphatic carbocycles. The molecule has 0 amide bonds. The van der Waals surface area contributed by atoms with Gasteiger partial charge < -0.3 is 15.7 Å². The van der Waals surface area contributed by atoms with E-state index >= 15 is 0 Å². The van der Waals surface area contributed by atoms with Crippen LogP contribution in [0.2, 0.25) is 0 Å². The molecule has 1 atom stereocenters. The molecular formula is C14H20FN3O2. The number of rotatable bonds is 4. The quantitative estimate of drug-likeness (QED) is 0.380. The number of nitrogens with two attached hydrogens (primary N) is 1. The Morgan fingerprint density at radius 3 is 3.10 bits per heavy atom. The van der Waals surface area contributed by atoms with Gasteiger partial charge in [-0.2, -0.15) is 0 Å². The lowest BCUT2D eigenvalue weighted by molar-refractivity contribution is -0.0324. The average molecular weight is 281 g/mol. The van der Waals surface area contributed by atoms with Gasteiger partial charge in [0.2, 0.25) is 0 Å². The van der Waals surface area contributed by atoms with E-state index in [0.717, 1.165) is 25.1 Å². The molecule has 1 aromatic carbocycles. The first-order chi connectivity index (χ1) is 9.63. The van der Waals surface area contributed by atoms with Crippen molar-refractivity contribution in [3.8, 4) is 0 Å². The molecule has 1 aliphatic heterocycles. The van der Waals surface area contributed by atoms with Crippen molar-refractivity contribution in [1.82, 2.24) is 4.90 Å². The van der Waals surface area contributed by atoms with Crippen LogP contribution in [0.3, 0.4) is 0 Å². The number of halogens is 1. The molecule has 1 aromatic rings. The predicted molar refractivity (Wildman–Crippen MR) is 74.2 cm³/mol. The summed E-state index contributed by atoms with van der Waals surface area (Å²) in [7, 11) is 0. The monoisotopic (exact) mass is 281 g/mol. The Labute approximate surface area is 117 Å². The molecule has 0 bridgehead atoms. The lowest BCUT2D eigenvalue weighted by atomic mass is 10.1. The number of hydrogen-bond donors (Lipinski definition) is 2. The van der Waals surface area contributed by atoms with Crippen LogP contribution in [0.25, 0.3) is 0 Å². The van der Waals surface area contributed by atoms with E-state index in [1.807, 2.05) is 0 Å². The standard InChI is InChI=1S/C14H20FN3O2/c1-2-12-9-18(5-6-20-12)8-10-3-4-11(15)7-13(10)14(16)17-19/h3-4,7,12,19H,2,5-6,8-9H2,1H3,(H2,16,17). The minimum Gasteiger partial charge on any atom is -0.409 e. The molecule has 110 valence electrons. The van der Waals surface area contributed by atoms with Crippen molar-refractivity contribution in [3.63, 3.8) is 0 Å². The Hall–Kier alpha value is -1.66. The van der Waals surface area contributed by atoms with E-state index in [4.69, 9.17) is 15.7 Å². The van der Waals surface area contributed by atoms with Gasteiger partial charge in [-0.15, -0.1) is 0 Å². The first-order valence-electron chi connectivity index (χ1n) is 6.74. The number of benzene rings is 1. The molecule has 1 unspecified atom stereocenters. The minimum atomic E-state index is -0.399. The summed E-state index contributed by atoms with van der Waals surface area (Å²) in [4.78, 5) is 2.24. The maximum absolute atomic E-state index is 13.3. The normalized spacial score (nSPS) is 21.1. The van der Waals surface area contributed by atoms with Crippen molar-refractivity contribution in [2.75, 3.05) is 19.7 Å². The van der Waals surface area contributed by atoms with Crippen molar-refractivity contribution in [2.45, 2.75) is 26.0 Å². The maximum Gasteiger partial charge on any atom is 0.170 e. The second kappa shape index (κ2) is 6.67. The van der Waals surface area contributed by atoms with Crippen LogP contribution in [-0.4, -0.2) is 41.7 Å². The molecule has 20 heavy (non-hydrogen) atoms. The molecule has 0 saturated carbocycles. The number of hydrogen-bond acceptors (Lipinski definition) is 4. The first-order valence-corrected chi connectivity index (χ1v) is 6.74. The highest BCUT2D eigenvalue weighted by molar-refractivity contribution is 5.98. The highest BCUT2D eigenvalue weighted by atomic mass is 19.1. The molecule has 6 heteroatoms. The zero-order valence-corrected chi connectivity index (χ0v) is 11.6. The van der Waals surface area contributed by atoms with E-state index in [1.165, 1.54) is 12.1 Å². The summed E-state index contributed by atoms with van der Waals surface area (Å²) in [6.45, 7) is 5.07. The van der Waals surface area contributed by atoms with Crippen LogP contribution in [0.4, 0.5) is 4.39 Å². The van der Waals surface area contributed by atoms with Gasteiger partial charge in [0, 0.05) is 25.2 Å². The van der Waals surface area contributed by atoms with E-state index in [9.17, 15) is 4.39 Å². The third kappa shape index (κ3) is 3.46. The Morgan fingerprint density at radius 2 is 2.40 bits per heavy atom. The van der Waals surface area contributed by atoms with Gasteiger partial charge in [-0.3, -0.25) is 4.90 Å². The van der Waals surface area contributed by atoms with Gasteiger partial charge in [0.25, 0.3) is 0 Å². The molecule has 1 aliphatic rings. The topological polar surface area (TPSA) is 71.1 Å². The van der Waals surface area contributed by atoms with Crippen molar-refractivity contribution >= 4 is 5.84 Å². The first kappa shape index (κ1) is 14.7. The van der Waals surface area contributed by atoms with Crippen LogP contribution in [0.1, 0.15) is 24.5 Å². The van der Waals surface area contributed by atoms with E-state index in [2.05, 4.69) is 17.0 Å². The SMILES string of the molecule is CCC1CN(Cc2ccc(F)cc2C(N)=NO)CCO1. The summed E-state index contributed by atoms with van der Waals surface area (Å²) < 4.78 is 18.9. The van der Waals surface area contributed by atoms with Crippen LogP contribution in [0.5, 0.6) is 0 Å². The van der Waals surface area contributed by atoms with Gasteiger partial charge >= 0.3 is 0 Å². The van der Waals surface area contributed by atoms with E-state index < -0.39 is 5.82 Å². The average Bonchev–Trinajstić information content (AvgIpc) is 2.48. The summed E-state index contributed by atoms with van der Waals surface area (Å²) >= 11 is 0. The Bertz CT molecular complexity index is 493. The fraction of sp³-hybridized carbons (Fsp3) is 0.500. The molecular weight excluding hydrogens is 261 g/mol. The molecule has 1 heterocycles. The number of morpholine rings is 1. The van der Waals surface area contributed by atoms with Gasteiger partial charge in [0.05, 0.1) is 12.7 Å². The van der Waals surface area contributed by atoms with Gasteiger partial charge in [0.1, 0.15) is 5.82 Å². The van der Waals surface area contributed by atoms with Gasteiger partial charge in [-0.05, 0) is 24.1 Å². The summed E-state index contributed by atoms with van der Waals surface area (Å²) in [5.41, 5.74) is 6.90. The Balaban J connectivity index is 2.16. The molecule has 2 rings (SSSR count). The smallest absolute Gasteiger partial charge is 0.170 e. The third-order valence-electron chi connectivity index (χ3n) is 3.53. The number of oxime groups is 1. The third-order valence-corrected chi connectivity index (χ3v) is 3.53. The fourth-order valence-electron chi connectivity index (χ4n) is 2.39. The second-order valence-corrected chi connectivity index (χ2v) is 4.92. The molecule has 1 saturated heterocycles.